The Morgan fingerprint density at radius 1 is 1.24 bits per heavy atom. The zero-order chi connectivity index (χ0) is 18.0. The number of hydrogen-bond donors (Lipinski definition) is 2. The predicted molar refractivity (Wildman–Crippen MR) is 92.7 cm³/mol. The molecule has 3 rings (SSSR count). The fourth-order valence-corrected chi connectivity index (χ4v) is 2.81. The van der Waals surface area contributed by atoms with E-state index in [1.807, 2.05) is 12.1 Å². The van der Waals surface area contributed by atoms with Crippen LogP contribution in [0.4, 0.5) is 10.5 Å². The van der Waals surface area contributed by atoms with Crippen molar-refractivity contribution in [3.05, 3.63) is 63.1 Å². The first-order valence-corrected chi connectivity index (χ1v) is 7.96. The van der Waals surface area contributed by atoms with Gasteiger partial charge in [0, 0.05) is 17.9 Å². The monoisotopic (exact) mass is 341 g/mol. The van der Waals surface area contributed by atoms with Crippen LogP contribution in [-0.2, 0) is 11.3 Å². The number of carbonyl (C=O) groups excluding carboxylic acids is 2. The number of aryl methyl sites for hydroxylation is 2. The van der Waals surface area contributed by atoms with Gasteiger partial charge in [-0.1, -0.05) is 12.1 Å². The molecule has 7 heteroatoms. The molecule has 1 saturated heterocycles. The van der Waals surface area contributed by atoms with Gasteiger partial charge in [0.1, 0.15) is 12.2 Å². The molecule has 1 aromatic heterocycles. The summed E-state index contributed by atoms with van der Waals surface area (Å²) in [7, 11) is 0. The average molecular weight is 341 g/mol. The van der Waals surface area contributed by atoms with E-state index in [2.05, 4.69) is 10.3 Å². The van der Waals surface area contributed by atoms with Gasteiger partial charge in [-0.3, -0.25) is 9.59 Å². The third kappa shape index (κ3) is 3.71. The standard InChI is InChI=1S/C18H19N3O4/c1-11-9-12(2)19-16(22)15(11)17(23)20-14-5-3-13(4-6-14)10-21-7-8-25-18(21)24/h3-6,9H,7-8,10H2,1-2H3,(H,19,22)(H,20,23). The third-order valence-electron chi connectivity index (χ3n) is 4.02. The molecule has 0 atom stereocenters. The first-order chi connectivity index (χ1) is 11.9. The van der Waals surface area contributed by atoms with Gasteiger partial charge in [0.2, 0.25) is 0 Å². The Balaban J connectivity index is 1.70. The van der Waals surface area contributed by atoms with Crippen molar-refractivity contribution in [2.45, 2.75) is 20.4 Å². The summed E-state index contributed by atoms with van der Waals surface area (Å²) >= 11 is 0. The van der Waals surface area contributed by atoms with Crippen molar-refractivity contribution in [3.63, 3.8) is 0 Å². The molecular weight excluding hydrogens is 322 g/mol. The highest BCUT2D eigenvalue weighted by Crippen LogP contribution is 2.15. The van der Waals surface area contributed by atoms with Crippen molar-refractivity contribution in [1.82, 2.24) is 9.88 Å². The maximum Gasteiger partial charge on any atom is 0.410 e. The van der Waals surface area contributed by atoms with Crippen molar-refractivity contribution < 1.29 is 14.3 Å². The Kier molecular flexibility index (Phi) is 4.56. The number of anilines is 1. The minimum atomic E-state index is -0.449. The molecule has 0 unspecified atom stereocenters. The Hall–Kier alpha value is -3.09. The number of cyclic esters (lactones) is 1. The summed E-state index contributed by atoms with van der Waals surface area (Å²) in [6, 6.07) is 8.90. The number of aromatic amines is 1. The van der Waals surface area contributed by atoms with Gasteiger partial charge in [0.25, 0.3) is 11.5 Å². The van der Waals surface area contributed by atoms with E-state index in [1.54, 1.807) is 36.9 Å². The summed E-state index contributed by atoms with van der Waals surface area (Å²) in [5, 5.41) is 2.72. The highest BCUT2D eigenvalue weighted by atomic mass is 16.6. The summed E-state index contributed by atoms with van der Waals surface area (Å²) in [5.41, 5.74) is 2.55. The molecule has 1 aromatic carbocycles. The number of amides is 2. The Bertz CT molecular complexity index is 871. The van der Waals surface area contributed by atoms with Crippen LogP contribution >= 0.6 is 0 Å². The van der Waals surface area contributed by atoms with E-state index in [9.17, 15) is 14.4 Å². The molecule has 130 valence electrons. The van der Waals surface area contributed by atoms with Gasteiger partial charge in [-0.2, -0.15) is 0 Å². The topological polar surface area (TPSA) is 91.5 Å². The Labute approximate surface area is 144 Å². The summed E-state index contributed by atoms with van der Waals surface area (Å²) in [4.78, 5) is 40.1. The summed E-state index contributed by atoms with van der Waals surface area (Å²) in [5.74, 6) is -0.449. The number of aromatic nitrogens is 1. The number of nitrogens with zero attached hydrogens (tertiary/aromatic N) is 1. The normalized spacial score (nSPS) is 13.7. The van der Waals surface area contributed by atoms with Gasteiger partial charge in [-0.25, -0.2) is 4.79 Å². The lowest BCUT2D eigenvalue weighted by molar-refractivity contribution is 0.102. The second-order valence-corrected chi connectivity index (χ2v) is 6.03. The average Bonchev–Trinajstić information content (AvgIpc) is 2.93. The van der Waals surface area contributed by atoms with E-state index in [1.165, 1.54) is 0 Å². The van der Waals surface area contributed by atoms with Gasteiger partial charge in [-0.05, 0) is 43.2 Å². The minimum absolute atomic E-state index is 0.106. The molecule has 1 aliphatic rings. The van der Waals surface area contributed by atoms with Gasteiger partial charge in [0.05, 0.1) is 6.54 Å². The van der Waals surface area contributed by atoms with Crippen molar-refractivity contribution in [3.8, 4) is 0 Å². The van der Waals surface area contributed by atoms with E-state index < -0.39 is 11.5 Å². The second kappa shape index (κ2) is 6.80. The zero-order valence-electron chi connectivity index (χ0n) is 14.1. The van der Waals surface area contributed by atoms with E-state index in [4.69, 9.17) is 4.74 Å². The SMILES string of the molecule is Cc1cc(C)c(C(=O)Nc2ccc(CN3CCOC3=O)cc2)c(=O)[nH]1. The number of benzene rings is 1. The van der Waals surface area contributed by atoms with Crippen LogP contribution in [0, 0.1) is 13.8 Å². The number of carbonyl (C=O) groups is 2. The van der Waals surface area contributed by atoms with Gasteiger partial charge in [-0.15, -0.1) is 0 Å². The lowest BCUT2D eigenvalue weighted by atomic mass is 10.1. The molecule has 2 amide bonds. The predicted octanol–water partition coefficient (Wildman–Crippen LogP) is 2.20. The number of H-pyrrole nitrogens is 1. The van der Waals surface area contributed by atoms with Crippen LogP contribution in [0.5, 0.6) is 0 Å². The third-order valence-corrected chi connectivity index (χ3v) is 4.02. The molecule has 25 heavy (non-hydrogen) atoms. The zero-order valence-corrected chi connectivity index (χ0v) is 14.1. The molecule has 0 saturated carbocycles. The van der Waals surface area contributed by atoms with Gasteiger partial charge in [0.15, 0.2) is 0 Å². The van der Waals surface area contributed by atoms with Crippen LogP contribution in [0.2, 0.25) is 0 Å². The fraction of sp³-hybridized carbons (Fsp3) is 0.278. The van der Waals surface area contributed by atoms with Crippen LogP contribution < -0.4 is 10.9 Å². The van der Waals surface area contributed by atoms with Crippen molar-refractivity contribution in [1.29, 1.82) is 0 Å². The number of rotatable bonds is 4. The maximum atomic E-state index is 12.4. The molecule has 2 aromatic rings. The molecule has 2 heterocycles. The molecule has 0 bridgehead atoms. The summed E-state index contributed by atoms with van der Waals surface area (Å²) < 4.78 is 4.89. The van der Waals surface area contributed by atoms with Gasteiger partial charge >= 0.3 is 6.09 Å². The lowest BCUT2D eigenvalue weighted by Gasteiger charge is -2.13. The summed E-state index contributed by atoms with van der Waals surface area (Å²) in [6.07, 6.45) is -0.313. The number of pyridine rings is 1. The number of nitrogens with one attached hydrogen (secondary N) is 2. The molecule has 2 N–H and O–H groups in total. The van der Waals surface area contributed by atoms with E-state index >= 15 is 0 Å². The molecule has 7 nitrogen and oxygen atoms in total. The van der Waals surface area contributed by atoms with Crippen LogP contribution in [0.3, 0.4) is 0 Å². The quantitative estimate of drug-likeness (QED) is 0.892. The Morgan fingerprint density at radius 3 is 2.56 bits per heavy atom. The Morgan fingerprint density at radius 2 is 1.96 bits per heavy atom. The largest absolute Gasteiger partial charge is 0.448 e. The maximum absolute atomic E-state index is 12.4. The minimum Gasteiger partial charge on any atom is -0.448 e. The van der Waals surface area contributed by atoms with Gasteiger partial charge < -0.3 is 19.9 Å². The van der Waals surface area contributed by atoms with Crippen molar-refractivity contribution in [2.24, 2.45) is 0 Å². The number of ether oxygens (including phenoxy) is 1. The molecule has 0 radical (unpaired) electrons. The van der Waals surface area contributed by atoms with Crippen LogP contribution in [-0.4, -0.2) is 35.0 Å². The van der Waals surface area contributed by atoms with E-state index in [-0.39, 0.29) is 11.7 Å². The molecule has 1 aliphatic heterocycles. The molecule has 1 fully saturated rings. The smallest absolute Gasteiger partial charge is 0.410 e. The van der Waals surface area contributed by atoms with Crippen molar-refractivity contribution >= 4 is 17.7 Å². The molecular formula is C18H19N3O4. The van der Waals surface area contributed by atoms with Crippen molar-refractivity contribution in [2.75, 3.05) is 18.5 Å². The highest BCUT2D eigenvalue weighted by molar-refractivity contribution is 6.05. The lowest BCUT2D eigenvalue weighted by Crippen LogP contribution is -2.25. The van der Waals surface area contributed by atoms with E-state index in [0.29, 0.717) is 36.6 Å². The van der Waals surface area contributed by atoms with Crippen LogP contribution in [0.25, 0.3) is 0 Å². The first-order valence-electron chi connectivity index (χ1n) is 7.96. The molecule has 0 aliphatic carbocycles. The van der Waals surface area contributed by atoms with E-state index in [0.717, 1.165) is 5.56 Å². The molecule has 0 spiro atoms. The number of hydrogen-bond acceptors (Lipinski definition) is 4. The first kappa shape index (κ1) is 16.8. The summed E-state index contributed by atoms with van der Waals surface area (Å²) in [6.45, 7) is 4.95. The fourth-order valence-electron chi connectivity index (χ4n) is 2.81. The highest BCUT2D eigenvalue weighted by Gasteiger charge is 2.21. The van der Waals surface area contributed by atoms with Crippen LogP contribution in [0.1, 0.15) is 27.2 Å². The second-order valence-electron chi connectivity index (χ2n) is 6.03. The van der Waals surface area contributed by atoms with Crippen LogP contribution in [0.15, 0.2) is 35.1 Å².